The van der Waals surface area contributed by atoms with E-state index in [1.807, 2.05) is 0 Å². The second kappa shape index (κ2) is 4.75. The Labute approximate surface area is 105 Å². The van der Waals surface area contributed by atoms with E-state index >= 15 is 0 Å². The van der Waals surface area contributed by atoms with E-state index in [-0.39, 0.29) is 0 Å². The molecule has 0 bridgehead atoms. The maximum atomic E-state index is 5.95. The van der Waals surface area contributed by atoms with Gasteiger partial charge >= 0.3 is 0 Å². The van der Waals surface area contributed by atoms with Crippen molar-refractivity contribution in [3.05, 3.63) is 28.2 Å². The molecule has 0 aliphatic heterocycles. The fourth-order valence-electron chi connectivity index (χ4n) is 1.95. The van der Waals surface area contributed by atoms with Crippen LogP contribution in [0.3, 0.4) is 0 Å². The van der Waals surface area contributed by atoms with E-state index in [9.17, 15) is 0 Å². The average molecular weight is 289 g/mol. The highest BCUT2D eigenvalue weighted by molar-refractivity contribution is 9.10. The van der Waals surface area contributed by atoms with E-state index in [2.05, 4.69) is 46.1 Å². The molecular formula is C12H15BrClN. The van der Waals surface area contributed by atoms with Crippen LogP contribution in [0.2, 0.25) is 0 Å². The molecule has 0 spiro atoms. The van der Waals surface area contributed by atoms with E-state index in [1.165, 1.54) is 30.5 Å². The molecule has 2 rings (SSSR count). The van der Waals surface area contributed by atoms with Crippen molar-refractivity contribution < 1.29 is 0 Å². The molecule has 1 aliphatic rings. The molecule has 0 amide bonds. The van der Waals surface area contributed by atoms with Crippen LogP contribution < -0.4 is 4.90 Å². The summed E-state index contributed by atoms with van der Waals surface area (Å²) in [7, 11) is 2.17. The predicted molar refractivity (Wildman–Crippen MR) is 69.7 cm³/mol. The van der Waals surface area contributed by atoms with E-state index in [0.29, 0.717) is 11.9 Å². The average Bonchev–Trinajstić information content (AvgIpc) is 2.15. The zero-order valence-corrected chi connectivity index (χ0v) is 11.2. The van der Waals surface area contributed by atoms with Gasteiger partial charge in [0.1, 0.15) is 0 Å². The molecular weight excluding hydrogens is 273 g/mol. The number of benzene rings is 1. The van der Waals surface area contributed by atoms with Gasteiger partial charge in [-0.1, -0.05) is 22.0 Å². The smallest absolute Gasteiger partial charge is 0.0494 e. The van der Waals surface area contributed by atoms with Crippen LogP contribution in [-0.2, 0) is 5.88 Å². The number of halogens is 2. The van der Waals surface area contributed by atoms with Crippen LogP contribution in [0.25, 0.3) is 0 Å². The number of hydrogen-bond donors (Lipinski definition) is 0. The Morgan fingerprint density at radius 1 is 1.47 bits per heavy atom. The Bertz CT molecular complexity index is 349. The summed E-state index contributed by atoms with van der Waals surface area (Å²) in [5, 5.41) is 0. The van der Waals surface area contributed by atoms with Crippen LogP contribution in [0.4, 0.5) is 5.69 Å². The van der Waals surface area contributed by atoms with Crippen molar-refractivity contribution in [2.45, 2.75) is 31.2 Å². The van der Waals surface area contributed by atoms with Crippen molar-refractivity contribution in [3.63, 3.8) is 0 Å². The second-order valence-electron chi connectivity index (χ2n) is 4.10. The van der Waals surface area contributed by atoms with Crippen molar-refractivity contribution in [2.24, 2.45) is 0 Å². The predicted octanol–water partition coefficient (Wildman–Crippen LogP) is 4.18. The van der Waals surface area contributed by atoms with Crippen LogP contribution in [0, 0.1) is 0 Å². The van der Waals surface area contributed by atoms with Gasteiger partial charge in [-0.3, -0.25) is 0 Å². The lowest BCUT2D eigenvalue weighted by molar-refractivity contribution is 0.401. The lowest BCUT2D eigenvalue weighted by Crippen LogP contribution is -2.37. The third kappa shape index (κ3) is 2.31. The molecule has 1 nitrogen and oxygen atoms in total. The SMILES string of the molecule is CN(c1cc(Br)ccc1CCl)C1CCC1. The monoisotopic (exact) mass is 287 g/mol. The molecule has 1 aromatic rings. The largest absolute Gasteiger partial charge is 0.371 e. The third-order valence-corrected chi connectivity index (χ3v) is 3.97. The standard InChI is InChI=1S/C12H15BrClN/c1-15(11-3-2-4-11)12-7-10(13)6-5-9(12)8-14/h5-7,11H,2-4,8H2,1H3. The Kier molecular flexibility index (Phi) is 3.57. The summed E-state index contributed by atoms with van der Waals surface area (Å²) in [6.07, 6.45) is 3.98. The minimum Gasteiger partial charge on any atom is -0.371 e. The summed E-state index contributed by atoms with van der Waals surface area (Å²) < 4.78 is 1.12. The fraction of sp³-hybridized carbons (Fsp3) is 0.500. The van der Waals surface area contributed by atoms with Crippen molar-refractivity contribution in [1.82, 2.24) is 0 Å². The van der Waals surface area contributed by atoms with Gasteiger partial charge in [-0.2, -0.15) is 0 Å². The van der Waals surface area contributed by atoms with E-state index in [1.54, 1.807) is 0 Å². The lowest BCUT2D eigenvalue weighted by atomic mass is 9.91. The highest BCUT2D eigenvalue weighted by Crippen LogP contribution is 2.32. The first-order chi connectivity index (χ1) is 7.22. The lowest BCUT2D eigenvalue weighted by Gasteiger charge is -2.37. The van der Waals surface area contributed by atoms with E-state index < -0.39 is 0 Å². The van der Waals surface area contributed by atoms with Crippen molar-refractivity contribution in [3.8, 4) is 0 Å². The second-order valence-corrected chi connectivity index (χ2v) is 5.29. The van der Waals surface area contributed by atoms with Gasteiger partial charge in [0.15, 0.2) is 0 Å². The van der Waals surface area contributed by atoms with Crippen LogP contribution in [0.15, 0.2) is 22.7 Å². The first kappa shape index (κ1) is 11.3. The van der Waals surface area contributed by atoms with Crippen LogP contribution in [0.5, 0.6) is 0 Å². The fourth-order valence-corrected chi connectivity index (χ4v) is 2.52. The number of nitrogens with zero attached hydrogens (tertiary/aromatic N) is 1. The van der Waals surface area contributed by atoms with Gasteiger partial charge in [0.05, 0.1) is 0 Å². The molecule has 82 valence electrons. The molecule has 1 aliphatic carbocycles. The molecule has 0 heterocycles. The van der Waals surface area contributed by atoms with Gasteiger partial charge in [0.25, 0.3) is 0 Å². The van der Waals surface area contributed by atoms with E-state index in [4.69, 9.17) is 11.6 Å². The zero-order valence-electron chi connectivity index (χ0n) is 8.84. The molecule has 0 aromatic heterocycles. The third-order valence-electron chi connectivity index (χ3n) is 3.19. The number of rotatable bonds is 3. The van der Waals surface area contributed by atoms with Crippen molar-refractivity contribution in [1.29, 1.82) is 0 Å². The van der Waals surface area contributed by atoms with Gasteiger partial charge < -0.3 is 4.90 Å². The van der Waals surface area contributed by atoms with Crippen LogP contribution in [0.1, 0.15) is 24.8 Å². The summed E-state index contributed by atoms with van der Waals surface area (Å²) in [5.74, 6) is 0.583. The normalized spacial score (nSPS) is 16.2. The minimum atomic E-state index is 0.583. The quantitative estimate of drug-likeness (QED) is 0.754. The molecule has 0 N–H and O–H groups in total. The maximum absolute atomic E-state index is 5.95. The Balaban J connectivity index is 2.27. The summed E-state index contributed by atoms with van der Waals surface area (Å²) in [6, 6.07) is 7.02. The summed E-state index contributed by atoms with van der Waals surface area (Å²) in [6.45, 7) is 0. The van der Waals surface area contributed by atoms with Crippen LogP contribution in [-0.4, -0.2) is 13.1 Å². The molecule has 0 radical (unpaired) electrons. The maximum Gasteiger partial charge on any atom is 0.0494 e. The molecule has 0 saturated heterocycles. The zero-order chi connectivity index (χ0) is 10.8. The van der Waals surface area contributed by atoms with Gasteiger partial charge in [-0.05, 0) is 37.0 Å². The van der Waals surface area contributed by atoms with Gasteiger partial charge in [0.2, 0.25) is 0 Å². The van der Waals surface area contributed by atoms with Gasteiger partial charge in [-0.15, -0.1) is 11.6 Å². The minimum absolute atomic E-state index is 0.583. The van der Waals surface area contributed by atoms with Gasteiger partial charge in [0, 0.05) is 29.1 Å². The highest BCUT2D eigenvalue weighted by Gasteiger charge is 2.23. The number of alkyl halides is 1. The molecule has 15 heavy (non-hydrogen) atoms. The van der Waals surface area contributed by atoms with E-state index in [0.717, 1.165) is 4.47 Å². The Hall–Kier alpha value is -0.210. The summed E-state index contributed by atoms with van der Waals surface area (Å²) in [5.41, 5.74) is 2.48. The topological polar surface area (TPSA) is 3.24 Å². The van der Waals surface area contributed by atoms with Gasteiger partial charge in [-0.25, -0.2) is 0 Å². The molecule has 1 fully saturated rings. The molecule has 3 heteroatoms. The highest BCUT2D eigenvalue weighted by atomic mass is 79.9. The molecule has 0 unspecified atom stereocenters. The summed E-state index contributed by atoms with van der Waals surface area (Å²) >= 11 is 9.47. The first-order valence-electron chi connectivity index (χ1n) is 5.29. The summed E-state index contributed by atoms with van der Waals surface area (Å²) in [4.78, 5) is 2.37. The van der Waals surface area contributed by atoms with Crippen LogP contribution >= 0.6 is 27.5 Å². The van der Waals surface area contributed by atoms with Crippen molar-refractivity contribution >= 4 is 33.2 Å². The molecule has 0 atom stereocenters. The van der Waals surface area contributed by atoms with Crippen molar-refractivity contribution in [2.75, 3.05) is 11.9 Å². The first-order valence-corrected chi connectivity index (χ1v) is 6.62. The number of anilines is 1. The molecule has 1 saturated carbocycles. The Morgan fingerprint density at radius 3 is 2.73 bits per heavy atom. The molecule has 1 aromatic carbocycles. The number of hydrogen-bond acceptors (Lipinski definition) is 1. The Morgan fingerprint density at radius 2 is 2.20 bits per heavy atom.